The number of nitrogens with one attached hydrogen (secondary N) is 1. The van der Waals surface area contributed by atoms with Gasteiger partial charge in [-0.2, -0.15) is 0 Å². The molecule has 2 atom stereocenters. The number of amides is 1. The number of carbonyl (C=O) groups is 1. The Hall–Kier alpha value is -1.39. The molecule has 18 heavy (non-hydrogen) atoms. The van der Waals surface area contributed by atoms with Gasteiger partial charge in [-0.25, -0.2) is 0 Å². The molecular weight excluding hydrogens is 228 g/mol. The van der Waals surface area contributed by atoms with Gasteiger partial charge in [-0.3, -0.25) is 4.79 Å². The Morgan fingerprint density at radius 2 is 1.89 bits per heavy atom. The molecule has 0 aliphatic heterocycles. The molecule has 0 bridgehead atoms. The summed E-state index contributed by atoms with van der Waals surface area (Å²) < 4.78 is 0. The number of rotatable bonds is 4. The van der Waals surface area contributed by atoms with Crippen LogP contribution in [0.15, 0.2) is 30.3 Å². The van der Waals surface area contributed by atoms with Gasteiger partial charge in [0.1, 0.15) is 0 Å². The molecule has 0 saturated carbocycles. The van der Waals surface area contributed by atoms with Crippen molar-refractivity contribution >= 4 is 5.91 Å². The average molecular weight is 250 g/mol. The van der Waals surface area contributed by atoms with Crippen molar-refractivity contribution in [3.8, 4) is 0 Å². The van der Waals surface area contributed by atoms with Crippen LogP contribution in [0.3, 0.4) is 0 Å². The zero-order chi connectivity index (χ0) is 13.8. The van der Waals surface area contributed by atoms with Crippen LogP contribution < -0.4 is 11.1 Å². The molecule has 0 heterocycles. The monoisotopic (exact) mass is 250 g/mol. The second-order valence-electron chi connectivity index (χ2n) is 5.50. The van der Waals surface area contributed by atoms with Crippen LogP contribution in [-0.2, 0) is 4.79 Å². The van der Waals surface area contributed by atoms with E-state index in [1.807, 2.05) is 51.1 Å². The van der Waals surface area contributed by atoms with Crippen LogP contribution >= 0.6 is 0 Å². The van der Waals surface area contributed by atoms with Crippen LogP contribution in [0.2, 0.25) is 0 Å². The van der Waals surface area contributed by atoms with Gasteiger partial charge in [0.15, 0.2) is 0 Å². The normalized spacial score (nSPS) is 14.9. The lowest BCUT2D eigenvalue weighted by atomic mass is 9.86. The number of hydrogen-bond acceptors (Lipinski definition) is 3. The Kier molecular flexibility index (Phi) is 4.87. The van der Waals surface area contributed by atoms with E-state index in [-0.39, 0.29) is 17.9 Å². The third-order valence-corrected chi connectivity index (χ3v) is 2.92. The molecule has 1 amide bonds. The molecular formula is C14H22N2O2. The first kappa shape index (κ1) is 14.7. The van der Waals surface area contributed by atoms with Gasteiger partial charge in [0.2, 0.25) is 5.91 Å². The molecule has 100 valence electrons. The largest absolute Gasteiger partial charge is 0.394 e. The molecule has 4 nitrogen and oxygen atoms in total. The Labute approximate surface area is 108 Å². The molecule has 1 rings (SSSR count). The van der Waals surface area contributed by atoms with Crippen LogP contribution in [-0.4, -0.2) is 23.7 Å². The van der Waals surface area contributed by atoms with E-state index in [1.54, 1.807) is 0 Å². The molecule has 0 spiro atoms. The Morgan fingerprint density at radius 1 is 1.33 bits per heavy atom. The van der Waals surface area contributed by atoms with Crippen molar-refractivity contribution in [3.63, 3.8) is 0 Å². The summed E-state index contributed by atoms with van der Waals surface area (Å²) in [7, 11) is 0. The molecule has 0 radical (unpaired) electrons. The van der Waals surface area contributed by atoms with Crippen molar-refractivity contribution in [1.82, 2.24) is 5.32 Å². The van der Waals surface area contributed by atoms with Gasteiger partial charge in [-0.15, -0.1) is 0 Å². The number of nitrogens with two attached hydrogens (primary N) is 1. The van der Waals surface area contributed by atoms with Crippen LogP contribution in [0, 0.1) is 5.41 Å². The second kappa shape index (κ2) is 5.98. The summed E-state index contributed by atoms with van der Waals surface area (Å²) in [6.45, 7) is 5.59. The van der Waals surface area contributed by atoms with Crippen molar-refractivity contribution < 1.29 is 9.90 Å². The fourth-order valence-corrected chi connectivity index (χ4v) is 1.57. The van der Waals surface area contributed by atoms with Crippen molar-refractivity contribution in [1.29, 1.82) is 0 Å². The van der Waals surface area contributed by atoms with Gasteiger partial charge in [0, 0.05) is 0 Å². The SMILES string of the molecule is CC(C)(C)[C@H](N)C(=O)NC(CO)c1ccccc1. The number of aliphatic hydroxyl groups excluding tert-OH is 1. The molecule has 0 fully saturated rings. The molecule has 0 aliphatic rings. The van der Waals surface area contributed by atoms with Crippen molar-refractivity contribution in [3.05, 3.63) is 35.9 Å². The van der Waals surface area contributed by atoms with E-state index in [9.17, 15) is 9.90 Å². The van der Waals surface area contributed by atoms with Crippen LogP contribution in [0.1, 0.15) is 32.4 Å². The molecule has 1 unspecified atom stereocenters. The third-order valence-electron chi connectivity index (χ3n) is 2.92. The van der Waals surface area contributed by atoms with Gasteiger partial charge in [0.25, 0.3) is 0 Å². The number of carbonyl (C=O) groups excluding carboxylic acids is 1. The molecule has 4 heteroatoms. The lowest BCUT2D eigenvalue weighted by molar-refractivity contribution is -0.125. The highest BCUT2D eigenvalue weighted by Crippen LogP contribution is 2.19. The standard InChI is InChI=1S/C14H22N2O2/c1-14(2,3)12(15)13(18)16-11(9-17)10-7-5-4-6-8-10/h4-8,11-12,17H,9,15H2,1-3H3,(H,16,18)/t11?,12-/m1/s1. The predicted molar refractivity (Wildman–Crippen MR) is 71.8 cm³/mol. The van der Waals surface area contributed by atoms with E-state index in [0.717, 1.165) is 5.56 Å². The molecule has 0 aromatic heterocycles. The van der Waals surface area contributed by atoms with E-state index >= 15 is 0 Å². The maximum absolute atomic E-state index is 12.0. The van der Waals surface area contributed by atoms with E-state index in [4.69, 9.17) is 5.73 Å². The molecule has 1 aromatic rings. The number of aliphatic hydroxyl groups is 1. The minimum atomic E-state index is -0.602. The highest BCUT2D eigenvalue weighted by Gasteiger charge is 2.28. The second-order valence-corrected chi connectivity index (χ2v) is 5.50. The predicted octanol–water partition coefficient (Wildman–Crippen LogP) is 1.21. The van der Waals surface area contributed by atoms with E-state index in [0.29, 0.717) is 0 Å². The summed E-state index contributed by atoms with van der Waals surface area (Å²) in [5.41, 5.74) is 6.45. The Balaban J connectivity index is 2.73. The smallest absolute Gasteiger partial charge is 0.238 e. The fraction of sp³-hybridized carbons (Fsp3) is 0.500. The molecule has 1 aromatic carbocycles. The zero-order valence-corrected chi connectivity index (χ0v) is 11.2. The van der Waals surface area contributed by atoms with Gasteiger partial charge >= 0.3 is 0 Å². The minimum Gasteiger partial charge on any atom is -0.394 e. The first-order chi connectivity index (χ1) is 8.36. The summed E-state index contributed by atoms with van der Waals surface area (Å²) in [4.78, 5) is 12.0. The maximum Gasteiger partial charge on any atom is 0.238 e. The molecule has 0 saturated heterocycles. The van der Waals surface area contributed by atoms with Gasteiger partial charge in [-0.1, -0.05) is 51.1 Å². The van der Waals surface area contributed by atoms with Crippen molar-refractivity contribution in [2.75, 3.05) is 6.61 Å². The van der Waals surface area contributed by atoms with Crippen molar-refractivity contribution in [2.24, 2.45) is 11.1 Å². The summed E-state index contributed by atoms with van der Waals surface area (Å²) in [6.07, 6.45) is 0. The number of hydrogen-bond donors (Lipinski definition) is 3. The first-order valence-corrected chi connectivity index (χ1v) is 6.08. The summed E-state index contributed by atoms with van der Waals surface area (Å²) in [5, 5.41) is 12.1. The lowest BCUT2D eigenvalue weighted by Gasteiger charge is -2.28. The summed E-state index contributed by atoms with van der Waals surface area (Å²) in [5.74, 6) is -0.245. The fourth-order valence-electron chi connectivity index (χ4n) is 1.57. The lowest BCUT2D eigenvalue weighted by Crippen LogP contribution is -2.49. The van der Waals surface area contributed by atoms with Gasteiger partial charge in [-0.05, 0) is 11.0 Å². The first-order valence-electron chi connectivity index (χ1n) is 6.08. The Bertz CT molecular complexity index is 385. The number of benzene rings is 1. The minimum absolute atomic E-state index is 0.146. The van der Waals surface area contributed by atoms with Crippen LogP contribution in [0.4, 0.5) is 0 Å². The highest BCUT2D eigenvalue weighted by atomic mass is 16.3. The van der Waals surface area contributed by atoms with E-state index < -0.39 is 12.1 Å². The quantitative estimate of drug-likeness (QED) is 0.752. The van der Waals surface area contributed by atoms with Gasteiger partial charge < -0.3 is 16.2 Å². The van der Waals surface area contributed by atoms with Crippen LogP contribution in [0.25, 0.3) is 0 Å². The van der Waals surface area contributed by atoms with E-state index in [2.05, 4.69) is 5.32 Å². The highest BCUT2D eigenvalue weighted by molar-refractivity contribution is 5.82. The topological polar surface area (TPSA) is 75.4 Å². The van der Waals surface area contributed by atoms with Crippen LogP contribution in [0.5, 0.6) is 0 Å². The zero-order valence-electron chi connectivity index (χ0n) is 11.2. The van der Waals surface area contributed by atoms with Gasteiger partial charge in [0.05, 0.1) is 18.7 Å². The van der Waals surface area contributed by atoms with E-state index in [1.165, 1.54) is 0 Å². The third kappa shape index (κ3) is 3.82. The molecule has 0 aliphatic carbocycles. The Morgan fingerprint density at radius 3 is 2.33 bits per heavy atom. The maximum atomic E-state index is 12.0. The molecule has 4 N–H and O–H groups in total. The average Bonchev–Trinajstić information content (AvgIpc) is 2.34. The van der Waals surface area contributed by atoms with Crippen molar-refractivity contribution in [2.45, 2.75) is 32.9 Å². The summed E-state index contributed by atoms with van der Waals surface area (Å²) >= 11 is 0. The summed E-state index contributed by atoms with van der Waals surface area (Å²) in [6, 6.07) is 8.35.